The van der Waals surface area contributed by atoms with E-state index in [2.05, 4.69) is 24.2 Å². The van der Waals surface area contributed by atoms with Gasteiger partial charge in [-0.2, -0.15) is 0 Å². The average molecular weight is 489 g/mol. The van der Waals surface area contributed by atoms with Gasteiger partial charge < -0.3 is 9.64 Å². The summed E-state index contributed by atoms with van der Waals surface area (Å²) < 4.78 is 32.4. The van der Waals surface area contributed by atoms with Gasteiger partial charge >= 0.3 is 0 Å². The van der Waals surface area contributed by atoms with E-state index < -0.39 is 26.1 Å². The molecule has 0 radical (unpaired) electrons. The van der Waals surface area contributed by atoms with Gasteiger partial charge in [0.2, 0.25) is 5.91 Å². The molecule has 1 N–H and O–H groups in total. The molecule has 1 aliphatic heterocycles. The minimum absolute atomic E-state index is 0.153. The molecule has 34 heavy (non-hydrogen) atoms. The van der Waals surface area contributed by atoms with E-state index >= 15 is 0 Å². The van der Waals surface area contributed by atoms with Gasteiger partial charge in [-0.05, 0) is 96.9 Å². The zero-order valence-corrected chi connectivity index (χ0v) is 21.5. The summed E-state index contributed by atoms with van der Waals surface area (Å²) in [5.74, 6) is 0.789. The van der Waals surface area contributed by atoms with Crippen molar-refractivity contribution in [2.75, 3.05) is 13.1 Å². The summed E-state index contributed by atoms with van der Waals surface area (Å²) in [6, 6.07) is 16.1. The Kier molecular flexibility index (Phi) is 8.06. The molecule has 1 aliphatic rings. The lowest BCUT2D eigenvalue weighted by molar-refractivity contribution is -0.146. The number of ether oxygens (including phenoxy) is 1. The molecule has 2 aromatic rings. The molecule has 0 atom stereocenters. The highest BCUT2D eigenvalue weighted by Crippen LogP contribution is 2.39. The van der Waals surface area contributed by atoms with E-state index in [-0.39, 0.29) is 11.3 Å². The molecule has 0 bridgehead atoms. The summed E-state index contributed by atoms with van der Waals surface area (Å²) in [6.07, 6.45) is 0.594. The van der Waals surface area contributed by atoms with Crippen molar-refractivity contribution in [3.8, 4) is 11.5 Å². The molecule has 1 fully saturated rings. The van der Waals surface area contributed by atoms with Gasteiger partial charge in [-0.25, -0.2) is 13.9 Å². The SMILES string of the molecule is CC(C)N1CCC(CC(=O)NOC(C)(C)C)(S(=O)(=O)c2ccc(Oc3ccccc3)cc2)CC1. The van der Waals surface area contributed by atoms with Crippen LogP contribution < -0.4 is 10.2 Å². The summed E-state index contributed by atoms with van der Waals surface area (Å²) in [5.41, 5.74) is 1.88. The highest BCUT2D eigenvalue weighted by Gasteiger charge is 2.48. The van der Waals surface area contributed by atoms with E-state index in [4.69, 9.17) is 9.57 Å². The molecule has 0 aromatic heterocycles. The number of hydrogen-bond donors (Lipinski definition) is 1. The van der Waals surface area contributed by atoms with E-state index in [1.54, 1.807) is 24.3 Å². The van der Waals surface area contributed by atoms with E-state index in [0.717, 1.165) is 0 Å². The molecule has 0 aliphatic carbocycles. The van der Waals surface area contributed by atoms with Crippen molar-refractivity contribution in [2.45, 2.75) is 75.2 Å². The first-order valence-electron chi connectivity index (χ1n) is 11.7. The van der Waals surface area contributed by atoms with Crippen molar-refractivity contribution in [3.05, 3.63) is 54.6 Å². The van der Waals surface area contributed by atoms with E-state index in [0.29, 0.717) is 43.5 Å². The number of para-hydroxylation sites is 1. The zero-order valence-electron chi connectivity index (χ0n) is 20.7. The molecule has 1 heterocycles. The van der Waals surface area contributed by atoms with Crippen LogP contribution in [0.5, 0.6) is 11.5 Å². The fourth-order valence-electron chi connectivity index (χ4n) is 4.09. The lowest BCUT2D eigenvalue weighted by Gasteiger charge is -2.42. The van der Waals surface area contributed by atoms with Crippen LogP contribution in [0.1, 0.15) is 53.9 Å². The van der Waals surface area contributed by atoms with Crippen LogP contribution in [0.3, 0.4) is 0 Å². The maximum Gasteiger partial charge on any atom is 0.245 e. The van der Waals surface area contributed by atoms with Gasteiger partial charge in [0.05, 0.1) is 15.2 Å². The number of nitrogens with one attached hydrogen (secondary N) is 1. The third-order valence-corrected chi connectivity index (χ3v) is 8.66. The quantitative estimate of drug-likeness (QED) is 0.541. The lowest BCUT2D eigenvalue weighted by Crippen LogP contribution is -2.53. The lowest BCUT2D eigenvalue weighted by atomic mass is 9.91. The van der Waals surface area contributed by atoms with Crippen molar-refractivity contribution in [1.29, 1.82) is 0 Å². The first-order valence-corrected chi connectivity index (χ1v) is 13.2. The second-order valence-corrected chi connectivity index (χ2v) is 12.5. The van der Waals surface area contributed by atoms with Gasteiger partial charge in [0.25, 0.3) is 0 Å². The summed E-state index contributed by atoms with van der Waals surface area (Å²) in [7, 11) is -3.81. The smallest absolute Gasteiger partial charge is 0.245 e. The summed E-state index contributed by atoms with van der Waals surface area (Å²) in [6.45, 7) is 10.9. The van der Waals surface area contributed by atoms with Crippen molar-refractivity contribution in [1.82, 2.24) is 10.4 Å². The normalized spacial score (nSPS) is 16.9. The third-order valence-electron chi connectivity index (χ3n) is 6.08. The van der Waals surface area contributed by atoms with Gasteiger partial charge in [0.15, 0.2) is 9.84 Å². The molecule has 186 valence electrons. The zero-order chi connectivity index (χ0) is 25.0. The highest BCUT2D eigenvalue weighted by atomic mass is 32.2. The third kappa shape index (κ3) is 6.37. The van der Waals surface area contributed by atoms with Crippen LogP contribution in [0.15, 0.2) is 59.5 Å². The van der Waals surface area contributed by atoms with Gasteiger partial charge in [-0.3, -0.25) is 9.63 Å². The number of nitrogens with zero attached hydrogens (tertiary/aromatic N) is 1. The van der Waals surface area contributed by atoms with Crippen LogP contribution in [0, 0.1) is 0 Å². The van der Waals surface area contributed by atoms with Crippen LogP contribution in [0.4, 0.5) is 0 Å². The van der Waals surface area contributed by atoms with Crippen molar-refractivity contribution in [3.63, 3.8) is 0 Å². The van der Waals surface area contributed by atoms with Gasteiger partial charge in [-0.15, -0.1) is 0 Å². The number of piperidine rings is 1. The molecule has 2 aromatic carbocycles. The average Bonchev–Trinajstić information content (AvgIpc) is 2.78. The number of hydrogen-bond acceptors (Lipinski definition) is 6. The topological polar surface area (TPSA) is 84.9 Å². The Bertz CT molecular complexity index is 1050. The predicted octanol–water partition coefficient (Wildman–Crippen LogP) is 4.73. The minimum atomic E-state index is -3.81. The number of benzene rings is 2. The van der Waals surface area contributed by atoms with Crippen LogP contribution in [-0.2, 0) is 19.5 Å². The fourth-order valence-corrected chi connectivity index (χ4v) is 6.12. The molecule has 0 spiro atoms. The number of likely N-dealkylation sites (tertiary alicyclic amines) is 1. The maximum atomic E-state index is 13.9. The Morgan fingerprint density at radius 2 is 1.56 bits per heavy atom. The minimum Gasteiger partial charge on any atom is -0.457 e. The molecule has 0 unspecified atom stereocenters. The monoisotopic (exact) mass is 488 g/mol. The number of rotatable bonds is 8. The summed E-state index contributed by atoms with van der Waals surface area (Å²) in [4.78, 5) is 20.6. The van der Waals surface area contributed by atoms with E-state index in [1.165, 1.54) is 0 Å². The first kappa shape index (κ1) is 26.2. The number of carbonyl (C=O) groups is 1. The second-order valence-electron chi connectivity index (χ2n) is 10.1. The predicted molar refractivity (Wildman–Crippen MR) is 132 cm³/mol. The van der Waals surface area contributed by atoms with Crippen LogP contribution >= 0.6 is 0 Å². The van der Waals surface area contributed by atoms with Crippen molar-refractivity contribution < 1.29 is 22.8 Å². The number of carbonyl (C=O) groups excluding carboxylic acids is 1. The Hall–Kier alpha value is -2.42. The van der Waals surface area contributed by atoms with Crippen LogP contribution in [0.25, 0.3) is 0 Å². The highest BCUT2D eigenvalue weighted by molar-refractivity contribution is 7.92. The molecule has 1 amide bonds. The Balaban J connectivity index is 1.84. The second kappa shape index (κ2) is 10.5. The first-order chi connectivity index (χ1) is 15.9. The molecule has 1 saturated heterocycles. The Morgan fingerprint density at radius 3 is 2.09 bits per heavy atom. The fraction of sp³-hybridized carbons (Fsp3) is 0.500. The van der Waals surface area contributed by atoms with Gasteiger partial charge in [0, 0.05) is 12.5 Å². The number of hydroxylamine groups is 1. The molecular formula is C26H36N2O5S. The molecule has 0 saturated carbocycles. The number of amides is 1. The molecule has 8 heteroatoms. The molecular weight excluding hydrogens is 452 g/mol. The summed E-state index contributed by atoms with van der Waals surface area (Å²) in [5, 5.41) is 0. The van der Waals surface area contributed by atoms with Crippen LogP contribution in [0.2, 0.25) is 0 Å². The molecule has 3 rings (SSSR count). The van der Waals surface area contributed by atoms with Gasteiger partial charge in [0.1, 0.15) is 11.5 Å². The standard InChI is InChI=1S/C26H36N2O5S/c1-20(2)28-17-15-26(16-18-28,19-24(29)27-33-25(3,4)5)34(30,31)23-13-11-22(12-14-23)32-21-9-7-6-8-10-21/h6-14,20H,15-19H2,1-5H3,(H,27,29). The largest absolute Gasteiger partial charge is 0.457 e. The van der Waals surface area contributed by atoms with E-state index in [1.807, 2.05) is 51.1 Å². The van der Waals surface area contributed by atoms with Crippen LogP contribution in [-0.4, -0.2) is 48.7 Å². The van der Waals surface area contributed by atoms with Gasteiger partial charge in [-0.1, -0.05) is 18.2 Å². The number of sulfone groups is 1. The molecule has 7 nitrogen and oxygen atoms in total. The van der Waals surface area contributed by atoms with E-state index in [9.17, 15) is 13.2 Å². The van der Waals surface area contributed by atoms with Crippen molar-refractivity contribution >= 4 is 15.7 Å². The van der Waals surface area contributed by atoms with Crippen molar-refractivity contribution in [2.24, 2.45) is 0 Å². The Morgan fingerprint density at radius 1 is 1.00 bits per heavy atom. The maximum absolute atomic E-state index is 13.9. The Labute approximate surface area is 203 Å². The summed E-state index contributed by atoms with van der Waals surface area (Å²) >= 11 is 0.